The lowest BCUT2D eigenvalue weighted by Gasteiger charge is -2.34. The summed E-state index contributed by atoms with van der Waals surface area (Å²) in [6.45, 7) is 7.16. The number of nitrogens with one attached hydrogen (secondary N) is 3. The first-order chi connectivity index (χ1) is 20.3. The molecule has 1 unspecified atom stereocenters. The van der Waals surface area contributed by atoms with Gasteiger partial charge in [0.1, 0.15) is 10.9 Å². The van der Waals surface area contributed by atoms with Gasteiger partial charge in [-0.3, -0.25) is 9.59 Å². The third-order valence-corrected chi connectivity index (χ3v) is 9.66. The van der Waals surface area contributed by atoms with Crippen LogP contribution in [0.4, 0.5) is 5.69 Å². The third kappa shape index (κ3) is 7.66. The van der Waals surface area contributed by atoms with Crippen molar-refractivity contribution in [2.45, 2.75) is 83.1 Å². The molecule has 1 aliphatic rings. The van der Waals surface area contributed by atoms with Crippen molar-refractivity contribution < 1.29 is 18.0 Å². The number of hydrogen-bond donors (Lipinski definition) is 3. The van der Waals surface area contributed by atoms with Crippen molar-refractivity contribution in [3.05, 3.63) is 66.2 Å². The number of nitrogens with zero attached hydrogens (tertiary/aromatic N) is 2. The molecule has 0 spiro atoms. The Balaban J connectivity index is 1.64. The van der Waals surface area contributed by atoms with Crippen molar-refractivity contribution >= 4 is 27.5 Å². The Morgan fingerprint density at radius 1 is 1.05 bits per heavy atom. The van der Waals surface area contributed by atoms with Crippen LogP contribution in [-0.2, 0) is 32.5 Å². The van der Waals surface area contributed by atoms with E-state index in [-0.39, 0.29) is 28.8 Å². The van der Waals surface area contributed by atoms with Gasteiger partial charge in [-0.1, -0.05) is 69.7 Å². The summed E-state index contributed by atoms with van der Waals surface area (Å²) >= 11 is 0. The molecule has 226 valence electrons. The summed E-state index contributed by atoms with van der Waals surface area (Å²) in [5.74, 6) is 0.0850. The SMILES string of the molecule is CCC(=O)Nc1c(-c2ccccc2)cccc1S(=O)(=O)NC(CCCc1[nH]cnc1CC)C(=O)N1CCC(CC)CC1. The average Bonchev–Trinajstić information content (AvgIpc) is 3.48. The molecule has 3 aromatic rings. The van der Waals surface area contributed by atoms with E-state index in [0.29, 0.717) is 43.8 Å². The van der Waals surface area contributed by atoms with Gasteiger partial charge in [-0.2, -0.15) is 4.72 Å². The number of amides is 2. The molecule has 2 amide bonds. The van der Waals surface area contributed by atoms with E-state index in [0.717, 1.165) is 42.6 Å². The minimum absolute atomic E-state index is 0.0602. The highest BCUT2D eigenvalue weighted by atomic mass is 32.2. The average molecular weight is 594 g/mol. The number of H-pyrrole nitrogens is 1. The van der Waals surface area contributed by atoms with E-state index >= 15 is 0 Å². The van der Waals surface area contributed by atoms with Gasteiger partial charge in [-0.05, 0) is 56.1 Å². The van der Waals surface area contributed by atoms with Crippen LogP contribution in [0.2, 0.25) is 0 Å². The van der Waals surface area contributed by atoms with Crippen LogP contribution in [0.3, 0.4) is 0 Å². The zero-order valence-electron chi connectivity index (χ0n) is 24.9. The van der Waals surface area contributed by atoms with Crippen LogP contribution in [0.15, 0.2) is 59.8 Å². The highest BCUT2D eigenvalue weighted by molar-refractivity contribution is 7.89. The fourth-order valence-corrected chi connectivity index (χ4v) is 7.00. The van der Waals surface area contributed by atoms with Crippen molar-refractivity contribution in [2.24, 2.45) is 5.92 Å². The van der Waals surface area contributed by atoms with Crippen LogP contribution >= 0.6 is 0 Å². The standard InChI is InChI=1S/C32H43N5O4S/c1-4-23-18-20-37(21-19-23)32(39)28(16-11-15-27-26(5-2)33-22-34-27)36-42(40,41)29-17-10-14-25(24-12-8-7-9-13-24)31(29)35-30(38)6-3/h7-10,12-14,17,22-23,28,36H,4-6,11,15-16,18-21H2,1-3H3,(H,33,34)(H,35,38). The molecule has 2 aromatic carbocycles. The molecule has 0 radical (unpaired) electrons. The van der Waals surface area contributed by atoms with Crippen molar-refractivity contribution in [3.63, 3.8) is 0 Å². The van der Waals surface area contributed by atoms with Crippen molar-refractivity contribution in [1.82, 2.24) is 19.6 Å². The van der Waals surface area contributed by atoms with E-state index in [1.807, 2.05) is 37.3 Å². The fourth-order valence-electron chi connectivity index (χ4n) is 5.59. The van der Waals surface area contributed by atoms with Gasteiger partial charge in [0.25, 0.3) is 0 Å². The predicted molar refractivity (Wildman–Crippen MR) is 165 cm³/mol. The second-order valence-electron chi connectivity index (χ2n) is 10.9. The Kier molecular flexibility index (Phi) is 10.9. The summed E-state index contributed by atoms with van der Waals surface area (Å²) in [6, 6.07) is 13.3. The summed E-state index contributed by atoms with van der Waals surface area (Å²) in [7, 11) is -4.20. The summed E-state index contributed by atoms with van der Waals surface area (Å²) in [6.07, 6.45) is 7.17. The number of anilines is 1. The molecular weight excluding hydrogens is 550 g/mol. The zero-order chi connectivity index (χ0) is 30.1. The third-order valence-electron chi connectivity index (χ3n) is 8.15. The monoisotopic (exact) mass is 593 g/mol. The number of carbonyl (C=O) groups is 2. The van der Waals surface area contributed by atoms with Crippen LogP contribution in [0.5, 0.6) is 0 Å². The first kappa shape index (κ1) is 31.4. The number of likely N-dealkylation sites (tertiary alicyclic amines) is 1. The molecule has 1 fully saturated rings. The van der Waals surface area contributed by atoms with Gasteiger partial charge < -0.3 is 15.2 Å². The molecule has 9 nitrogen and oxygen atoms in total. The Hall–Kier alpha value is -3.50. The highest BCUT2D eigenvalue weighted by Gasteiger charge is 2.33. The summed E-state index contributed by atoms with van der Waals surface area (Å²) in [4.78, 5) is 35.6. The molecule has 0 bridgehead atoms. The van der Waals surface area contributed by atoms with Crippen LogP contribution in [0.25, 0.3) is 11.1 Å². The number of hydrogen-bond acceptors (Lipinski definition) is 5. The van der Waals surface area contributed by atoms with Gasteiger partial charge >= 0.3 is 0 Å². The lowest BCUT2D eigenvalue weighted by molar-refractivity contribution is -0.134. The number of sulfonamides is 1. The lowest BCUT2D eigenvalue weighted by Crippen LogP contribution is -2.50. The van der Waals surface area contributed by atoms with Crippen molar-refractivity contribution in [2.75, 3.05) is 18.4 Å². The Morgan fingerprint density at radius 3 is 2.45 bits per heavy atom. The number of rotatable bonds is 13. The van der Waals surface area contributed by atoms with E-state index in [1.54, 1.807) is 30.3 Å². The molecule has 0 aliphatic carbocycles. The number of para-hydroxylation sites is 1. The first-order valence-electron chi connectivity index (χ1n) is 15.1. The molecule has 1 aromatic heterocycles. The highest BCUT2D eigenvalue weighted by Crippen LogP contribution is 2.34. The molecule has 2 heterocycles. The molecule has 42 heavy (non-hydrogen) atoms. The number of aromatic nitrogens is 2. The summed E-state index contributed by atoms with van der Waals surface area (Å²) in [5.41, 5.74) is 3.57. The zero-order valence-corrected chi connectivity index (χ0v) is 25.7. The van der Waals surface area contributed by atoms with Gasteiger partial charge in [-0.25, -0.2) is 13.4 Å². The van der Waals surface area contributed by atoms with Crippen LogP contribution < -0.4 is 10.0 Å². The number of carbonyl (C=O) groups excluding carboxylic acids is 2. The number of aromatic amines is 1. The topological polar surface area (TPSA) is 124 Å². The second-order valence-corrected chi connectivity index (χ2v) is 12.6. The molecule has 0 saturated carbocycles. The maximum absolute atomic E-state index is 14.0. The lowest BCUT2D eigenvalue weighted by atomic mass is 9.94. The Morgan fingerprint density at radius 2 is 1.79 bits per heavy atom. The summed E-state index contributed by atoms with van der Waals surface area (Å²) < 4.78 is 30.8. The second kappa shape index (κ2) is 14.6. The smallest absolute Gasteiger partial charge is 0.243 e. The van der Waals surface area contributed by atoms with E-state index < -0.39 is 16.1 Å². The maximum atomic E-state index is 14.0. The number of piperidine rings is 1. The Bertz CT molecular complexity index is 1450. The van der Waals surface area contributed by atoms with Gasteiger partial charge in [0.2, 0.25) is 21.8 Å². The van der Waals surface area contributed by atoms with E-state index in [2.05, 4.69) is 26.9 Å². The van der Waals surface area contributed by atoms with E-state index in [4.69, 9.17) is 0 Å². The van der Waals surface area contributed by atoms with E-state index in [1.165, 1.54) is 6.07 Å². The fraction of sp³-hybridized carbons (Fsp3) is 0.469. The molecule has 1 saturated heterocycles. The van der Waals surface area contributed by atoms with Crippen LogP contribution in [0.1, 0.15) is 70.7 Å². The molecule has 1 aliphatic heterocycles. The van der Waals surface area contributed by atoms with Crippen LogP contribution in [-0.4, -0.2) is 54.2 Å². The normalized spacial score (nSPS) is 15.0. The number of imidazole rings is 1. The largest absolute Gasteiger partial charge is 0.348 e. The van der Waals surface area contributed by atoms with E-state index in [9.17, 15) is 18.0 Å². The van der Waals surface area contributed by atoms with Gasteiger partial charge in [0.15, 0.2) is 0 Å². The van der Waals surface area contributed by atoms with Crippen molar-refractivity contribution in [1.29, 1.82) is 0 Å². The maximum Gasteiger partial charge on any atom is 0.243 e. The molecule has 10 heteroatoms. The predicted octanol–water partition coefficient (Wildman–Crippen LogP) is 5.31. The summed E-state index contributed by atoms with van der Waals surface area (Å²) in [5, 5.41) is 2.82. The minimum Gasteiger partial charge on any atom is -0.348 e. The number of benzene rings is 2. The molecule has 4 rings (SSSR count). The van der Waals surface area contributed by atoms with Gasteiger partial charge in [0, 0.05) is 30.8 Å². The Labute approximate surface area is 249 Å². The number of aryl methyl sites for hydroxylation is 2. The molecule has 1 atom stereocenters. The van der Waals surface area contributed by atoms with Gasteiger partial charge in [-0.15, -0.1) is 0 Å². The minimum atomic E-state index is -4.20. The quantitative estimate of drug-likeness (QED) is 0.248. The molecule has 3 N–H and O–H groups in total. The molecular formula is C32H43N5O4S. The first-order valence-corrected chi connectivity index (χ1v) is 16.6. The van der Waals surface area contributed by atoms with Crippen molar-refractivity contribution in [3.8, 4) is 11.1 Å². The van der Waals surface area contributed by atoms with Gasteiger partial charge in [0.05, 0.1) is 17.7 Å². The van der Waals surface area contributed by atoms with Crippen LogP contribution in [0, 0.1) is 5.92 Å².